The van der Waals surface area contributed by atoms with Crippen LogP contribution in [-0.4, -0.2) is 29.7 Å². The van der Waals surface area contributed by atoms with Crippen molar-refractivity contribution in [2.24, 2.45) is 0 Å². The smallest absolute Gasteiger partial charge is 0.354 e. The summed E-state index contributed by atoms with van der Waals surface area (Å²) in [6.07, 6.45) is 5.47. The normalized spacial score (nSPS) is 9.81. The Morgan fingerprint density at radius 2 is 2.38 bits per heavy atom. The fraction of sp³-hybridized carbons (Fsp3) is 0.333. The van der Waals surface area contributed by atoms with Crippen molar-refractivity contribution < 1.29 is 9.90 Å². The number of rotatable bonds is 6. The molecule has 0 saturated heterocycles. The third kappa shape index (κ3) is 3.38. The van der Waals surface area contributed by atoms with Gasteiger partial charge < -0.3 is 10.0 Å². The van der Waals surface area contributed by atoms with Gasteiger partial charge in [-0.3, -0.25) is 0 Å². The van der Waals surface area contributed by atoms with Crippen LogP contribution in [-0.2, 0) is 0 Å². The van der Waals surface area contributed by atoms with E-state index in [2.05, 4.69) is 11.6 Å². The topological polar surface area (TPSA) is 53.4 Å². The van der Waals surface area contributed by atoms with E-state index in [1.165, 1.54) is 6.07 Å². The molecule has 1 aromatic heterocycles. The van der Waals surface area contributed by atoms with E-state index in [4.69, 9.17) is 5.11 Å². The molecule has 1 heterocycles. The minimum atomic E-state index is -0.999. The van der Waals surface area contributed by atoms with Crippen molar-refractivity contribution in [1.82, 2.24) is 4.98 Å². The number of aromatic carboxylic acids is 1. The molecule has 0 radical (unpaired) electrons. The van der Waals surface area contributed by atoms with E-state index in [1.54, 1.807) is 12.3 Å². The first-order chi connectivity index (χ1) is 7.65. The molecule has 0 saturated carbocycles. The molecule has 4 nitrogen and oxygen atoms in total. The Hall–Kier alpha value is -1.84. The van der Waals surface area contributed by atoms with Crippen molar-refractivity contribution in [1.29, 1.82) is 0 Å². The number of unbranched alkanes of at least 4 members (excludes halogenated alkanes) is 1. The summed E-state index contributed by atoms with van der Waals surface area (Å²) in [5.41, 5.74) is 0.998. The molecule has 86 valence electrons. The van der Waals surface area contributed by atoms with Gasteiger partial charge >= 0.3 is 5.97 Å². The van der Waals surface area contributed by atoms with Gasteiger partial charge in [0.25, 0.3) is 0 Å². The number of carboxylic acid groups (broad SMARTS) is 1. The molecule has 0 aliphatic rings. The molecule has 1 rings (SSSR count). The number of carboxylic acids is 1. The summed E-state index contributed by atoms with van der Waals surface area (Å²) in [6, 6.07) is 3.28. The van der Waals surface area contributed by atoms with E-state index in [0.717, 1.165) is 25.1 Å². The Morgan fingerprint density at radius 1 is 1.62 bits per heavy atom. The summed E-state index contributed by atoms with van der Waals surface area (Å²) in [5, 5.41) is 8.70. The summed E-state index contributed by atoms with van der Waals surface area (Å²) in [6.45, 7) is 4.57. The van der Waals surface area contributed by atoms with Crippen LogP contribution in [0.5, 0.6) is 0 Å². The van der Waals surface area contributed by atoms with Crippen molar-refractivity contribution in [2.75, 3.05) is 18.5 Å². The van der Waals surface area contributed by atoms with Crippen molar-refractivity contribution in [3.8, 4) is 0 Å². The lowest BCUT2D eigenvalue weighted by Gasteiger charge is -2.18. The Kier molecular flexibility index (Phi) is 4.51. The molecule has 16 heavy (non-hydrogen) atoms. The third-order valence-corrected chi connectivity index (χ3v) is 2.31. The molecule has 0 fully saturated rings. The number of hydrogen-bond acceptors (Lipinski definition) is 3. The fourth-order valence-electron chi connectivity index (χ4n) is 1.34. The highest BCUT2D eigenvalue weighted by atomic mass is 16.4. The first-order valence-corrected chi connectivity index (χ1v) is 5.16. The highest BCUT2D eigenvalue weighted by Crippen LogP contribution is 2.12. The maximum absolute atomic E-state index is 10.6. The quantitative estimate of drug-likeness (QED) is 0.589. The molecule has 4 heteroatoms. The minimum absolute atomic E-state index is 0.0724. The Morgan fingerprint density at radius 3 is 2.88 bits per heavy atom. The molecule has 0 spiro atoms. The molecule has 0 aliphatic heterocycles. The van der Waals surface area contributed by atoms with Crippen molar-refractivity contribution in [2.45, 2.75) is 12.8 Å². The van der Waals surface area contributed by atoms with Crippen LogP contribution < -0.4 is 4.90 Å². The average Bonchev–Trinajstić information content (AvgIpc) is 2.29. The van der Waals surface area contributed by atoms with Gasteiger partial charge in [-0.05, 0) is 25.0 Å². The van der Waals surface area contributed by atoms with Gasteiger partial charge in [0, 0.05) is 13.6 Å². The third-order valence-electron chi connectivity index (χ3n) is 2.31. The highest BCUT2D eigenvalue weighted by Gasteiger charge is 2.05. The van der Waals surface area contributed by atoms with E-state index >= 15 is 0 Å². The van der Waals surface area contributed by atoms with Gasteiger partial charge in [-0.2, -0.15) is 0 Å². The van der Waals surface area contributed by atoms with Crippen LogP contribution >= 0.6 is 0 Å². The zero-order valence-electron chi connectivity index (χ0n) is 9.39. The van der Waals surface area contributed by atoms with Gasteiger partial charge in [0.15, 0.2) is 0 Å². The van der Waals surface area contributed by atoms with Gasteiger partial charge in [-0.25, -0.2) is 9.78 Å². The zero-order valence-corrected chi connectivity index (χ0v) is 9.39. The van der Waals surface area contributed by atoms with E-state index in [9.17, 15) is 4.79 Å². The van der Waals surface area contributed by atoms with Crippen LogP contribution in [0.1, 0.15) is 23.3 Å². The van der Waals surface area contributed by atoms with E-state index < -0.39 is 5.97 Å². The standard InChI is InChI=1S/C12H16N2O2/c1-3-4-5-8-14(2)10-6-7-11(12(15)16)13-9-10/h3,6-7,9H,1,4-5,8H2,2H3,(H,15,16). The predicted octanol–water partition coefficient (Wildman–Crippen LogP) is 2.18. The fourth-order valence-corrected chi connectivity index (χ4v) is 1.34. The number of allylic oxidation sites excluding steroid dienone is 1. The number of anilines is 1. The molecule has 1 aromatic rings. The number of pyridine rings is 1. The molecular weight excluding hydrogens is 204 g/mol. The minimum Gasteiger partial charge on any atom is -0.477 e. The Bertz CT molecular complexity index is 360. The summed E-state index contributed by atoms with van der Waals surface area (Å²) in [4.78, 5) is 16.5. The Labute approximate surface area is 95.2 Å². The molecule has 0 atom stereocenters. The van der Waals surface area contributed by atoms with Crippen LogP contribution in [0.2, 0.25) is 0 Å². The molecular formula is C12H16N2O2. The second-order valence-corrected chi connectivity index (χ2v) is 3.56. The van der Waals surface area contributed by atoms with Crippen LogP contribution in [0.4, 0.5) is 5.69 Å². The number of carbonyl (C=O) groups is 1. The highest BCUT2D eigenvalue weighted by molar-refractivity contribution is 5.85. The maximum Gasteiger partial charge on any atom is 0.354 e. The maximum atomic E-state index is 10.6. The largest absolute Gasteiger partial charge is 0.477 e. The SMILES string of the molecule is C=CCCCN(C)c1ccc(C(=O)O)nc1. The molecule has 0 amide bonds. The van der Waals surface area contributed by atoms with Crippen LogP contribution in [0.25, 0.3) is 0 Å². The van der Waals surface area contributed by atoms with Crippen molar-refractivity contribution >= 4 is 11.7 Å². The van der Waals surface area contributed by atoms with Crippen LogP contribution in [0.3, 0.4) is 0 Å². The zero-order chi connectivity index (χ0) is 12.0. The first kappa shape index (κ1) is 12.2. The van der Waals surface area contributed by atoms with Crippen molar-refractivity contribution in [3.05, 3.63) is 36.7 Å². The summed E-state index contributed by atoms with van der Waals surface area (Å²) >= 11 is 0. The van der Waals surface area contributed by atoms with E-state index in [1.807, 2.05) is 18.0 Å². The lowest BCUT2D eigenvalue weighted by Crippen LogP contribution is -2.18. The summed E-state index contributed by atoms with van der Waals surface area (Å²) in [7, 11) is 1.96. The molecule has 0 aliphatic carbocycles. The number of nitrogens with zero attached hydrogens (tertiary/aromatic N) is 2. The lowest BCUT2D eigenvalue weighted by molar-refractivity contribution is 0.0690. The van der Waals surface area contributed by atoms with Crippen molar-refractivity contribution in [3.63, 3.8) is 0 Å². The van der Waals surface area contributed by atoms with Gasteiger partial charge in [0.1, 0.15) is 5.69 Å². The molecule has 1 N–H and O–H groups in total. The summed E-state index contributed by atoms with van der Waals surface area (Å²) in [5.74, 6) is -0.999. The monoisotopic (exact) mass is 220 g/mol. The van der Waals surface area contributed by atoms with E-state index in [0.29, 0.717) is 0 Å². The van der Waals surface area contributed by atoms with Gasteiger partial charge in [0.2, 0.25) is 0 Å². The first-order valence-electron chi connectivity index (χ1n) is 5.16. The lowest BCUT2D eigenvalue weighted by atomic mass is 10.2. The molecule has 0 aromatic carbocycles. The van der Waals surface area contributed by atoms with Gasteiger partial charge in [-0.15, -0.1) is 6.58 Å². The molecule has 0 unspecified atom stereocenters. The van der Waals surface area contributed by atoms with Crippen LogP contribution in [0, 0.1) is 0 Å². The summed E-state index contributed by atoms with van der Waals surface area (Å²) < 4.78 is 0. The number of aromatic nitrogens is 1. The van der Waals surface area contributed by atoms with Gasteiger partial charge in [-0.1, -0.05) is 6.08 Å². The van der Waals surface area contributed by atoms with Crippen LogP contribution in [0.15, 0.2) is 31.0 Å². The Balaban J connectivity index is 2.59. The predicted molar refractivity (Wildman–Crippen MR) is 63.9 cm³/mol. The van der Waals surface area contributed by atoms with Gasteiger partial charge in [0.05, 0.1) is 11.9 Å². The second kappa shape index (κ2) is 5.90. The van der Waals surface area contributed by atoms with E-state index in [-0.39, 0.29) is 5.69 Å². The second-order valence-electron chi connectivity index (χ2n) is 3.56. The molecule has 0 bridgehead atoms. The number of hydrogen-bond donors (Lipinski definition) is 1. The average molecular weight is 220 g/mol.